The number of nitrogens with zero attached hydrogens (tertiary/aromatic N) is 1. The molecule has 1 heterocycles. The van der Waals surface area contributed by atoms with Crippen LogP contribution in [0.2, 0.25) is 0 Å². The van der Waals surface area contributed by atoms with Gasteiger partial charge in [-0.2, -0.15) is 0 Å². The highest BCUT2D eigenvalue weighted by molar-refractivity contribution is 5.71. The van der Waals surface area contributed by atoms with Crippen LogP contribution >= 0.6 is 0 Å². The zero-order valence-corrected chi connectivity index (χ0v) is 8.16. The third-order valence-corrected chi connectivity index (χ3v) is 3.16. The smallest absolute Gasteiger partial charge is 0.320 e. The highest BCUT2D eigenvalue weighted by Crippen LogP contribution is 2.36. The molecule has 1 saturated carbocycles. The summed E-state index contributed by atoms with van der Waals surface area (Å²) in [5.41, 5.74) is 0. The van der Waals surface area contributed by atoms with E-state index >= 15 is 0 Å². The fraction of sp³-hybridized carbons (Fsp3) is 0.900. The lowest BCUT2D eigenvalue weighted by molar-refractivity contribution is -0.144. The van der Waals surface area contributed by atoms with Crippen molar-refractivity contribution >= 4 is 5.97 Å². The summed E-state index contributed by atoms with van der Waals surface area (Å²) < 4.78 is 4.93. The van der Waals surface area contributed by atoms with Crippen LogP contribution in [-0.4, -0.2) is 36.6 Å². The van der Waals surface area contributed by atoms with Gasteiger partial charge in [-0.3, -0.25) is 9.69 Å². The second kappa shape index (κ2) is 3.66. The summed E-state index contributed by atoms with van der Waals surface area (Å²) >= 11 is 0. The predicted octanol–water partition coefficient (Wildman–Crippen LogP) is 1.03. The molecular formula is C10H17NO2. The van der Waals surface area contributed by atoms with Gasteiger partial charge in [0.1, 0.15) is 0 Å². The minimum atomic E-state index is -0.0601. The highest BCUT2D eigenvalue weighted by atomic mass is 16.5. The number of rotatable bonds is 3. The Labute approximate surface area is 79.0 Å². The number of likely N-dealkylation sites (tertiary alicyclic amines) is 1. The number of hydrogen-bond acceptors (Lipinski definition) is 3. The van der Waals surface area contributed by atoms with Gasteiger partial charge in [-0.25, -0.2) is 0 Å². The lowest BCUT2D eigenvalue weighted by Gasteiger charge is -2.25. The first-order chi connectivity index (χ1) is 6.29. The molecule has 0 radical (unpaired) electrons. The van der Waals surface area contributed by atoms with Crippen molar-refractivity contribution in [2.75, 3.05) is 19.7 Å². The van der Waals surface area contributed by atoms with Gasteiger partial charge in [0.05, 0.1) is 13.2 Å². The van der Waals surface area contributed by atoms with Crippen LogP contribution in [0.1, 0.15) is 26.2 Å². The summed E-state index contributed by atoms with van der Waals surface area (Å²) in [7, 11) is 0. The molecule has 3 heteroatoms. The average Bonchev–Trinajstić information content (AvgIpc) is 2.65. The van der Waals surface area contributed by atoms with Crippen molar-refractivity contribution in [3.8, 4) is 0 Å². The van der Waals surface area contributed by atoms with Crippen LogP contribution in [0.4, 0.5) is 0 Å². The summed E-state index contributed by atoms with van der Waals surface area (Å²) in [4.78, 5) is 13.5. The molecule has 13 heavy (non-hydrogen) atoms. The lowest BCUT2D eigenvalue weighted by Crippen LogP contribution is -2.37. The summed E-state index contributed by atoms with van der Waals surface area (Å²) in [5.74, 6) is 0.800. The van der Waals surface area contributed by atoms with Gasteiger partial charge >= 0.3 is 5.97 Å². The summed E-state index contributed by atoms with van der Waals surface area (Å²) in [6.45, 7) is 3.98. The molecule has 2 fully saturated rings. The Bertz CT molecular complexity index is 205. The van der Waals surface area contributed by atoms with Crippen molar-refractivity contribution in [2.24, 2.45) is 5.92 Å². The van der Waals surface area contributed by atoms with Crippen molar-refractivity contribution < 1.29 is 9.53 Å². The van der Waals surface area contributed by atoms with Crippen LogP contribution in [-0.2, 0) is 9.53 Å². The third-order valence-electron chi connectivity index (χ3n) is 3.16. The van der Waals surface area contributed by atoms with Crippen molar-refractivity contribution in [2.45, 2.75) is 32.2 Å². The van der Waals surface area contributed by atoms with Crippen LogP contribution in [0.5, 0.6) is 0 Å². The first kappa shape index (κ1) is 9.00. The van der Waals surface area contributed by atoms with Gasteiger partial charge < -0.3 is 4.74 Å². The topological polar surface area (TPSA) is 29.5 Å². The molecule has 1 aliphatic heterocycles. The molecular weight excluding hydrogens is 166 g/mol. The minimum absolute atomic E-state index is 0.0601. The molecule has 0 aromatic heterocycles. The van der Waals surface area contributed by atoms with Crippen molar-refractivity contribution in [1.82, 2.24) is 4.90 Å². The average molecular weight is 183 g/mol. The molecule has 0 spiro atoms. The molecule has 2 aliphatic rings. The maximum Gasteiger partial charge on any atom is 0.320 e. The Morgan fingerprint density at radius 1 is 1.54 bits per heavy atom. The molecule has 1 saturated heterocycles. The molecule has 0 amide bonds. The molecule has 3 nitrogen and oxygen atoms in total. The zero-order valence-electron chi connectivity index (χ0n) is 8.16. The second-order valence-corrected chi connectivity index (χ2v) is 4.07. The van der Waals surface area contributed by atoms with Gasteiger partial charge in [0.2, 0.25) is 0 Å². The van der Waals surface area contributed by atoms with Crippen LogP contribution in [0, 0.1) is 5.92 Å². The van der Waals surface area contributed by atoms with Crippen LogP contribution < -0.4 is 0 Å². The number of carbonyl (C=O) groups is 1. The van der Waals surface area contributed by atoms with Gasteiger partial charge in [0.15, 0.2) is 0 Å². The van der Waals surface area contributed by atoms with Gasteiger partial charge in [-0.1, -0.05) is 0 Å². The minimum Gasteiger partial charge on any atom is -0.465 e. The fourth-order valence-electron chi connectivity index (χ4n) is 2.59. The van der Waals surface area contributed by atoms with E-state index in [2.05, 4.69) is 4.90 Å². The van der Waals surface area contributed by atoms with Gasteiger partial charge in [-0.15, -0.1) is 0 Å². The summed E-state index contributed by atoms with van der Waals surface area (Å²) in [6, 6.07) is 0.675. The maximum absolute atomic E-state index is 11.2. The van der Waals surface area contributed by atoms with Gasteiger partial charge in [-0.05, 0) is 32.1 Å². The molecule has 2 bridgehead atoms. The van der Waals surface area contributed by atoms with E-state index in [0.29, 0.717) is 19.2 Å². The molecule has 2 atom stereocenters. The first-order valence-corrected chi connectivity index (χ1v) is 5.19. The van der Waals surface area contributed by atoms with Gasteiger partial charge in [0, 0.05) is 12.6 Å². The van der Waals surface area contributed by atoms with E-state index in [4.69, 9.17) is 4.74 Å². The molecule has 0 N–H and O–H groups in total. The maximum atomic E-state index is 11.2. The first-order valence-electron chi connectivity index (χ1n) is 5.19. The SMILES string of the molecule is CCOC(=O)CN1C[C@H]2CC[C@H]1C2. The molecule has 0 aromatic rings. The Morgan fingerprint density at radius 3 is 2.92 bits per heavy atom. The number of fused-ring (bicyclic) bond motifs is 2. The Kier molecular flexibility index (Phi) is 2.54. The number of ether oxygens (including phenoxy) is 1. The summed E-state index contributed by atoms with van der Waals surface area (Å²) in [5, 5.41) is 0. The number of hydrogen-bond donors (Lipinski definition) is 0. The highest BCUT2D eigenvalue weighted by Gasteiger charge is 2.38. The van der Waals surface area contributed by atoms with Crippen molar-refractivity contribution in [3.05, 3.63) is 0 Å². The lowest BCUT2D eigenvalue weighted by atomic mass is 10.1. The molecule has 0 unspecified atom stereocenters. The third kappa shape index (κ3) is 1.85. The van der Waals surface area contributed by atoms with E-state index in [-0.39, 0.29) is 5.97 Å². The van der Waals surface area contributed by atoms with E-state index in [1.165, 1.54) is 19.3 Å². The largest absolute Gasteiger partial charge is 0.465 e. The normalized spacial score (nSPS) is 32.4. The number of piperidine rings is 1. The Balaban J connectivity index is 1.79. The second-order valence-electron chi connectivity index (χ2n) is 4.07. The van der Waals surface area contributed by atoms with Crippen molar-refractivity contribution in [1.29, 1.82) is 0 Å². The van der Waals surface area contributed by atoms with E-state index < -0.39 is 0 Å². The van der Waals surface area contributed by atoms with Gasteiger partial charge in [0.25, 0.3) is 0 Å². The van der Waals surface area contributed by atoms with Crippen LogP contribution in [0.25, 0.3) is 0 Å². The Morgan fingerprint density at radius 2 is 2.38 bits per heavy atom. The zero-order chi connectivity index (χ0) is 9.26. The van der Waals surface area contributed by atoms with E-state index in [1.54, 1.807) is 0 Å². The molecule has 0 aromatic carbocycles. The van der Waals surface area contributed by atoms with E-state index in [0.717, 1.165) is 12.5 Å². The number of esters is 1. The van der Waals surface area contributed by atoms with Crippen molar-refractivity contribution in [3.63, 3.8) is 0 Å². The van der Waals surface area contributed by atoms with Crippen LogP contribution in [0.3, 0.4) is 0 Å². The molecule has 74 valence electrons. The summed E-state index contributed by atoms with van der Waals surface area (Å²) in [6.07, 6.45) is 3.95. The quantitative estimate of drug-likeness (QED) is 0.612. The fourth-order valence-corrected chi connectivity index (χ4v) is 2.59. The molecule has 1 aliphatic carbocycles. The Hall–Kier alpha value is -0.570. The van der Waals surface area contributed by atoms with E-state index in [1.807, 2.05) is 6.92 Å². The van der Waals surface area contributed by atoms with Crippen LogP contribution in [0.15, 0.2) is 0 Å². The van der Waals surface area contributed by atoms with E-state index in [9.17, 15) is 4.79 Å². The molecule has 2 rings (SSSR count). The monoisotopic (exact) mass is 183 g/mol. The predicted molar refractivity (Wildman–Crippen MR) is 49.3 cm³/mol. The standard InChI is InChI=1S/C10H17NO2/c1-2-13-10(12)7-11-6-8-3-4-9(11)5-8/h8-9H,2-7H2,1H3/t8-,9-/m0/s1. The number of carbonyl (C=O) groups excluding carboxylic acids is 1.